The molecular weight excluding hydrogens is 265 g/mol. The Bertz CT molecular complexity index is 476. The Morgan fingerprint density at radius 2 is 2.10 bits per heavy atom. The van der Waals surface area contributed by atoms with E-state index in [0.29, 0.717) is 12.1 Å². The van der Waals surface area contributed by atoms with Gasteiger partial charge in [0.1, 0.15) is 0 Å². The van der Waals surface area contributed by atoms with Crippen LogP contribution in [0.4, 0.5) is 4.39 Å². The van der Waals surface area contributed by atoms with Crippen molar-refractivity contribution in [2.45, 2.75) is 19.1 Å². The van der Waals surface area contributed by atoms with Crippen molar-refractivity contribution in [3.8, 4) is 5.75 Å². The Morgan fingerprint density at radius 1 is 1.45 bits per heavy atom. The molecule has 1 aromatic rings. The van der Waals surface area contributed by atoms with Crippen LogP contribution in [0.2, 0.25) is 0 Å². The summed E-state index contributed by atoms with van der Waals surface area (Å²) in [5.74, 6) is -0.971. The number of esters is 1. The number of aliphatic hydroxyl groups is 1. The van der Waals surface area contributed by atoms with Crippen LogP contribution in [-0.2, 0) is 16.1 Å². The largest absolute Gasteiger partial charge is 0.494 e. The fourth-order valence-corrected chi connectivity index (χ4v) is 1.99. The van der Waals surface area contributed by atoms with Gasteiger partial charge in [0.25, 0.3) is 0 Å². The highest BCUT2D eigenvalue weighted by atomic mass is 19.1. The fraction of sp³-hybridized carbons (Fsp3) is 0.500. The average Bonchev–Trinajstić information content (AvgIpc) is 2.37. The molecule has 20 heavy (non-hydrogen) atoms. The molecule has 1 rings (SSSR count). The third kappa shape index (κ3) is 4.18. The molecule has 0 amide bonds. The minimum absolute atomic E-state index is 0.0767. The third-order valence-electron chi connectivity index (χ3n) is 2.87. The quantitative estimate of drug-likeness (QED) is 0.796. The SMILES string of the molecule is COC(=O)C(C)(O)CN(C)Cc1ccc(OC)c(F)c1. The Morgan fingerprint density at radius 3 is 2.60 bits per heavy atom. The maximum absolute atomic E-state index is 13.6. The number of hydrogen-bond acceptors (Lipinski definition) is 5. The van der Waals surface area contributed by atoms with Crippen LogP contribution < -0.4 is 4.74 Å². The summed E-state index contributed by atoms with van der Waals surface area (Å²) in [5, 5.41) is 9.96. The second-order valence-corrected chi connectivity index (χ2v) is 4.91. The molecule has 0 heterocycles. The molecule has 0 aromatic heterocycles. The molecule has 1 N–H and O–H groups in total. The minimum Gasteiger partial charge on any atom is -0.494 e. The van der Waals surface area contributed by atoms with Gasteiger partial charge in [-0.3, -0.25) is 4.90 Å². The normalized spacial score (nSPS) is 13.9. The van der Waals surface area contributed by atoms with Gasteiger partial charge in [0.15, 0.2) is 17.2 Å². The molecule has 5 nitrogen and oxygen atoms in total. The summed E-state index contributed by atoms with van der Waals surface area (Å²) in [5.41, 5.74) is -0.888. The molecule has 6 heteroatoms. The van der Waals surface area contributed by atoms with Crippen molar-refractivity contribution in [2.24, 2.45) is 0 Å². The van der Waals surface area contributed by atoms with Crippen LogP contribution in [0.25, 0.3) is 0 Å². The van der Waals surface area contributed by atoms with Gasteiger partial charge in [-0.05, 0) is 31.7 Å². The molecule has 0 radical (unpaired) electrons. The van der Waals surface area contributed by atoms with Crippen LogP contribution in [0, 0.1) is 5.82 Å². The standard InChI is InChI=1S/C14H20FNO4/c1-14(18,13(17)20-4)9-16(2)8-10-5-6-12(19-3)11(15)7-10/h5-7,18H,8-9H2,1-4H3. The van der Waals surface area contributed by atoms with E-state index in [1.807, 2.05) is 0 Å². The first-order valence-corrected chi connectivity index (χ1v) is 6.12. The molecule has 0 aliphatic carbocycles. The second-order valence-electron chi connectivity index (χ2n) is 4.91. The van der Waals surface area contributed by atoms with Crippen LogP contribution >= 0.6 is 0 Å². The summed E-state index contributed by atoms with van der Waals surface area (Å²) in [7, 11) is 4.34. The Balaban J connectivity index is 2.69. The topological polar surface area (TPSA) is 59.0 Å². The predicted molar refractivity (Wildman–Crippen MR) is 71.9 cm³/mol. The molecule has 0 spiro atoms. The number of rotatable bonds is 6. The van der Waals surface area contributed by atoms with Gasteiger partial charge in [-0.25, -0.2) is 9.18 Å². The zero-order valence-electron chi connectivity index (χ0n) is 12.1. The van der Waals surface area contributed by atoms with Crippen LogP contribution in [0.3, 0.4) is 0 Å². The lowest BCUT2D eigenvalue weighted by Gasteiger charge is -2.26. The zero-order valence-corrected chi connectivity index (χ0v) is 12.1. The van der Waals surface area contributed by atoms with Crippen molar-refractivity contribution in [1.82, 2.24) is 4.90 Å². The Kier molecular flexibility index (Phi) is 5.47. The number of benzene rings is 1. The summed E-state index contributed by atoms with van der Waals surface area (Å²) in [6.45, 7) is 1.84. The smallest absolute Gasteiger partial charge is 0.338 e. The predicted octanol–water partition coefficient (Wildman–Crippen LogP) is 1.19. The van der Waals surface area contributed by atoms with Crippen molar-refractivity contribution in [2.75, 3.05) is 27.8 Å². The summed E-state index contributed by atoms with van der Waals surface area (Å²) < 4.78 is 22.9. The molecule has 0 aliphatic rings. The Labute approximate surface area is 117 Å². The molecule has 0 saturated carbocycles. The monoisotopic (exact) mass is 285 g/mol. The van der Waals surface area contributed by atoms with Gasteiger partial charge in [0.2, 0.25) is 0 Å². The number of carbonyl (C=O) groups is 1. The fourth-order valence-electron chi connectivity index (χ4n) is 1.99. The van der Waals surface area contributed by atoms with E-state index in [4.69, 9.17) is 4.74 Å². The van der Waals surface area contributed by atoms with Crippen LogP contribution in [0.5, 0.6) is 5.75 Å². The van der Waals surface area contributed by atoms with Gasteiger partial charge in [-0.2, -0.15) is 0 Å². The number of methoxy groups -OCH3 is 2. The van der Waals surface area contributed by atoms with E-state index in [-0.39, 0.29) is 12.3 Å². The summed E-state index contributed by atoms with van der Waals surface area (Å²) >= 11 is 0. The third-order valence-corrected chi connectivity index (χ3v) is 2.87. The molecule has 0 fully saturated rings. The number of nitrogens with zero attached hydrogens (tertiary/aromatic N) is 1. The number of likely N-dealkylation sites (N-methyl/N-ethyl adjacent to an activating group) is 1. The van der Waals surface area contributed by atoms with Crippen molar-refractivity contribution in [3.63, 3.8) is 0 Å². The summed E-state index contributed by atoms with van der Waals surface area (Å²) in [6, 6.07) is 4.63. The van der Waals surface area contributed by atoms with Gasteiger partial charge in [-0.1, -0.05) is 6.07 Å². The van der Waals surface area contributed by atoms with E-state index >= 15 is 0 Å². The lowest BCUT2D eigenvalue weighted by atomic mass is 10.1. The van der Waals surface area contributed by atoms with Crippen LogP contribution in [-0.4, -0.2) is 49.4 Å². The molecule has 112 valence electrons. The zero-order chi connectivity index (χ0) is 15.3. The van der Waals surface area contributed by atoms with E-state index < -0.39 is 17.4 Å². The maximum Gasteiger partial charge on any atom is 0.338 e. The van der Waals surface area contributed by atoms with E-state index in [1.165, 1.54) is 33.3 Å². The highest BCUT2D eigenvalue weighted by Gasteiger charge is 2.32. The van der Waals surface area contributed by atoms with Gasteiger partial charge >= 0.3 is 5.97 Å². The van der Waals surface area contributed by atoms with E-state index in [9.17, 15) is 14.3 Å². The number of halogens is 1. The molecule has 0 bridgehead atoms. The highest BCUT2D eigenvalue weighted by molar-refractivity contribution is 5.78. The second kappa shape index (κ2) is 6.67. The number of carbonyl (C=O) groups excluding carboxylic acids is 1. The molecule has 0 aliphatic heterocycles. The first kappa shape index (κ1) is 16.4. The highest BCUT2D eigenvalue weighted by Crippen LogP contribution is 2.19. The van der Waals surface area contributed by atoms with Gasteiger partial charge in [0, 0.05) is 13.1 Å². The first-order valence-electron chi connectivity index (χ1n) is 6.12. The molecule has 0 saturated heterocycles. The first-order chi connectivity index (χ1) is 9.30. The van der Waals surface area contributed by atoms with Crippen molar-refractivity contribution >= 4 is 5.97 Å². The lowest BCUT2D eigenvalue weighted by molar-refractivity contribution is -0.162. The van der Waals surface area contributed by atoms with E-state index in [1.54, 1.807) is 18.0 Å². The summed E-state index contributed by atoms with van der Waals surface area (Å²) in [6.07, 6.45) is 0. The summed E-state index contributed by atoms with van der Waals surface area (Å²) in [4.78, 5) is 13.1. The van der Waals surface area contributed by atoms with Crippen LogP contribution in [0.1, 0.15) is 12.5 Å². The lowest BCUT2D eigenvalue weighted by Crippen LogP contribution is -2.46. The minimum atomic E-state index is -1.60. The maximum atomic E-state index is 13.6. The van der Waals surface area contributed by atoms with Gasteiger partial charge in [-0.15, -0.1) is 0 Å². The van der Waals surface area contributed by atoms with E-state index in [0.717, 1.165) is 0 Å². The Hall–Kier alpha value is -1.66. The van der Waals surface area contributed by atoms with E-state index in [2.05, 4.69) is 4.74 Å². The average molecular weight is 285 g/mol. The van der Waals surface area contributed by atoms with Crippen LogP contribution in [0.15, 0.2) is 18.2 Å². The van der Waals surface area contributed by atoms with Crippen molar-refractivity contribution in [3.05, 3.63) is 29.6 Å². The van der Waals surface area contributed by atoms with Gasteiger partial charge < -0.3 is 14.6 Å². The van der Waals surface area contributed by atoms with Gasteiger partial charge in [0.05, 0.1) is 14.2 Å². The van der Waals surface area contributed by atoms with Crippen molar-refractivity contribution < 1.29 is 23.8 Å². The molecule has 1 unspecified atom stereocenters. The molecular formula is C14H20FNO4. The number of hydrogen-bond donors (Lipinski definition) is 1. The molecule has 1 atom stereocenters. The number of ether oxygens (including phenoxy) is 2. The molecule has 1 aromatic carbocycles. The van der Waals surface area contributed by atoms with Crippen molar-refractivity contribution in [1.29, 1.82) is 0 Å².